The first-order chi connectivity index (χ1) is 11.5. The van der Waals surface area contributed by atoms with E-state index in [1.54, 1.807) is 0 Å². The van der Waals surface area contributed by atoms with Gasteiger partial charge in [0.2, 0.25) is 5.91 Å². The minimum Gasteiger partial charge on any atom is -0.381 e. The summed E-state index contributed by atoms with van der Waals surface area (Å²) in [6.45, 7) is 1.50. The molecule has 0 bridgehead atoms. The topological polar surface area (TPSA) is 80.5 Å². The number of hydrogen-bond donors (Lipinski definition) is 2. The van der Waals surface area contributed by atoms with E-state index >= 15 is 0 Å². The molecule has 26 heavy (non-hydrogen) atoms. The molecule has 3 N–H and O–H groups in total. The van der Waals surface area contributed by atoms with Gasteiger partial charge in [0.25, 0.3) is 0 Å². The van der Waals surface area contributed by atoms with Gasteiger partial charge in [-0.3, -0.25) is 4.79 Å². The van der Waals surface area contributed by atoms with Gasteiger partial charge >= 0.3 is 0 Å². The number of hydrogen-bond acceptors (Lipinski definition) is 5. The number of nitrogens with two attached hydrogens (primary N) is 1. The third kappa shape index (κ3) is 4.76. The third-order valence-electron chi connectivity index (χ3n) is 4.52. The van der Waals surface area contributed by atoms with Crippen molar-refractivity contribution in [1.82, 2.24) is 10.3 Å². The molecule has 1 aliphatic heterocycles. The van der Waals surface area contributed by atoms with Gasteiger partial charge < -0.3 is 20.7 Å². The molecular weight excluding hydrogens is 375 g/mol. The summed E-state index contributed by atoms with van der Waals surface area (Å²) in [5, 5.41) is 4.04. The fraction of sp³-hybridized carbons (Fsp3) is 0.444. The standard InChI is InChI=1S/C18H24N4O2.2ClH/c1-22(2)16-11-13(14-5-3-4-6-15(14)21-16)12-20-17(23)18(19)7-9-24-10-8-18;;/h3-6,11H,7-10,12,19H2,1-2H3,(H,20,23);2*1H. The number of carbonyl (C=O) groups is 1. The van der Waals surface area contributed by atoms with Gasteiger partial charge in [-0.05, 0) is 30.5 Å². The molecular formula is C18H26Cl2N4O2. The Labute approximate surface area is 166 Å². The first kappa shape index (κ1) is 22.4. The molecule has 0 atom stereocenters. The summed E-state index contributed by atoms with van der Waals surface area (Å²) in [6, 6.07) is 9.96. The molecule has 1 amide bonds. The number of nitrogens with one attached hydrogen (secondary N) is 1. The third-order valence-corrected chi connectivity index (χ3v) is 4.52. The Kier molecular flexibility index (Phi) is 8.09. The SMILES string of the molecule is CN(C)c1cc(CNC(=O)C2(N)CCOCC2)c2ccccc2n1.Cl.Cl. The molecule has 1 saturated heterocycles. The van der Waals surface area contributed by atoms with E-state index in [1.807, 2.05) is 49.3 Å². The Bertz CT molecular complexity index is 749. The lowest BCUT2D eigenvalue weighted by Gasteiger charge is -2.31. The second-order valence-electron chi connectivity index (χ2n) is 6.50. The quantitative estimate of drug-likeness (QED) is 0.822. The zero-order valence-corrected chi connectivity index (χ0v) is 16.7. The van der Waals surface area contributed by atoms with E-state index in [0.29, 0.717) is 32.6 Å². The van der Waals surface area contributed by atoms with Crippen LogP contribution >= 0.6 is 24.8 Å². The Hall–Kier alpha value is -1.60. The van der Waals surface area contributed by atoms with Crippen LogP contribution in [0.15, 0.2) is 30.3 Å². The summed E-state index contributed by atoms with van der Waals surface area (Å²) >= 11 is 0. The second kappa shape index (κ2) is 9.37. The van der Waals surface area contributed by atoms with Crippen molar-refractivity contribution in [2.75, 3.05) is 32.2 Å². The van der Waals surface area contributed by atoms with Crippen LogP contribution in [0.4, 0.5) is 5.82 Å². The summed E-state index contributed by atoms with van der Waals surface area (Å²) < 4.78 is 5.30. The van der Waals surface area contributed by atoms with Crippen molar-refractivity contribution in [3.63, 3.8) is 0 Å². The number of aromatic nitrogens is 1. The van der Waals surface area contributed by atoms with E-state index in [1.165, 1.54) is 0 Å². The molecule has 0 aliphatic carbocycles. The van der Waals surface area contributed by atoms with Crippen LogP contribution in [-0.4, -0.2) is 43.7 Å². The number of nitrogens with zero attached hydrogens (tertiary/aromatic N) is 2. The van der Waals surface area contributed by atoms with Crippen LogP contribution in [0, 0.1) is 0 Å². The van der Waals surface area contributed by atoms with Crippen LogP contribution in [0.5, 0.6) is 0 Å². The van der Waals surface area contributed by atoms with Gasteiger partial charge in [-0.1, -0.05) is 18.2 Å². The van der Waals surface area contributed by atoms with Crippen molar-refractivity contribution in [2.24, 2.45) is 5.73 Å². The number of benzene rings is 1. The van der Waals surface area contributed by atoms with Gasteiger partial charge in [0.15, 0.2) is 0 Å². The first-order valence-corrected chi connectivity index (χ1v) is 8.20. The van der Waals surface area contributed by atoms with E-state index in [0.717, 1.165) is 22.3 Å². The van der Waals surface area contributed by atoms with Gasteiger partial charge in [0.05, 0.1) is 11.1 Å². The first-order valence-electron chi connectivity index (χ1n) is 8.20. The maximum Gasteiger partial charge on any atom is 0.240 e. The van der Waals surface area contributed by atoms with Gasteiger partial charge in [0.1, 0.15) is 5.82 Å². The van der Waals surface area contributed by atoms with Crippen molar-refractivity contribution >= 4 is 47.4 Å². The van der Waals surface area contributed by atoms with Crippen molar-refractivity contribution in [2.45, 2.75) is 24.9 Å². The highest BCUT2D eigenvalue weighted by molar-refractivity contribution is 5.88. The molecule has 0 radical (unpaired) electrons. The zero-order chi connectivity index (χ0) is 17.2. The maximum absolute atomic E-state index is 12.5. The average molecular weight is 401 g/mol. The molecule has 1 fully saturated rings. The molecule has 2 aromatic rings. The minimum absolute atomic E-state index is 0. The second-order valence-corrected chi connectivity index (χ2v) is 6.50. The van der Waals surface area contributed by atoms with E-state index < -0.39 is 5.54 Å². The monoisotopic (exact) mass is 400 g/mol. The van der Waals surface area contributed by atoms with Gasteiger partial charge in [0, 0.05) is 39.2 Å². The molecule has 0 saturated carbocycles. The number of anilines is 1. The normalized spacial score (nSPS) is 15.5. The Balaban J connectivity index is 0.00000169. The van der Waals surface area contributed by atoms with Crippen molar-refractivity contribution in [3.05, 3.63) is 35.9 Å². The number of rotatable bonds is 4. The summed E-state index contributed by atoms with van der Waals surface area (Å²) in [5.41, 5.74) is 7.37. The number of ether oxygens (including phenoxy) is 1. The number of carbonyl (C=O) groups excluding carboxylic acids is 1. The Morgan fingerprint density at radius 1 is 1.27 bits per heavy atom. The number of para-hydroxylation sites is 1. The van der Waals surface area contributed by atoms with E-state index in [4.69, 9.17) is 10.5 Å². The zero-order valence-electron chi connectivity index (χ0n) is 15.0. The van der Waals surface area contributed by atoms with Crippen LogP contribution in [0.25, 0.3) is 10.9 Å². The fourth-order valence-electron chi connectivity index (χ4n) is 2.92. The summed E-state index contributed by atoms with van der Waals surface area (Å²) in [4.78, 5) is 19.1. The molecule has 2 heterocycles. The number of fused-ring (bicyclic) bond motifs is 1. The highest BCUT2D eigenvalue weighted by atomic mass is 35.5. The summed E-state index contributed by atoms with van der Waals surface area (Å²) in [7, 11) is 3.91. The van der Waals surface area contributed by atoms with Crippen LogP contribution in [0.2, 0.25) is 0 Å². The van der Waals surface area contributed by atoms with Gasteiger partial charge in [-0.25, -0.2) is 4.98 Å². The maximum atomic E-state index is 12.5. The van der Waals surface area contributed by atoms with Gasteiger partial charge in [-0.2, -0.15) is 0 Å². The number of amides is 1. The predicted molar refractivity (Wildman–Crippen MR) is 109 cm³/mol. The summed E-state index contributed by atoms with van der Waals surface area (Å²) in [5.74, 6) is 0.754. The van der Waals surface area contributed by atoms with E-state index in [-0.39, 0.29) is 30.7 Å². The average Bonchev–Trinajstić information content (AvgIpc) is 2.59. The molecule has 144 valence electrons. The van der Waals surface area contributed by atoms with E-state index in [2.05, 4.69) is 10.3 Å². The molecule has 1 aliphatic rings. The lowest BCUT2D eigenvalue weighted by atomic mass is 9.90. The molecule has 0 unspecified atom stereocenters. The smallest absolute Gasteiger partial charge is 0.240 e. The van der Waals surface area contributed by atoms with Crippen molar-refractivity contribution in [1.29, 1.82) is 0 Å². The van der Waals surface area contributed by atoms with Crippen LogP contribution < -0.4 is 16.0 Å². The van der Waals surface area contributed by atoms with Crippen LogP contribution in [0.3, 0.4) is 0 Å². The van der Waals surface area contributed by atoms with Crippen LogP contribution in [0.1, 0.15) is 18.4 Å². The molecule has 1 aromatic heterocycles. The lowest BCUT2D eigenvalue weighted by Crippen LogP contribution is -2.56. The molecule has 3 rings (SSSR count). The summed E-state index contributed by atoms with van der Waals surface area (Å²) in [6.07, 6.45) is 1.11. The largest absolute Gasteiger partial charge is 0.381 e. The minimum atomic E-state index is -0.828. The Morgan fingerprint density at radius 2 is 1.92 bits per heavy atom. The van der Waals surface area contributed by atoms with Crippen LogP contribution in [-0.2, 0) is 16.1 Å². The molecule has 6 nitrogen and oxygen atoms in total. The molecule has 0 spiro atoms. The fourth-order valence-corrected chi connectivity index (χ4v) is 2.92. The molecule has 1 aromatic carbocycles. The molecule has 8 heteroatoms. The van der Waals surface area contributed by atoms with Gasteiger partial charge in [-0.15, -0.1) is 24.8 Å². The van der Waals surface area contributed by atoms with Crippen molar-refractivity contribution < 1.29 is 9.53 Å². The predicted octanol–water partition coefficient (Wildman–Crippen LogP) is 2.27. The highest BCUT2D eigenvalue weighted by Crippen LogP contribution is 2.23. The number of halogens is 2. The van der Waals surface area contributed by atoms with Crippen molar-refractivity contribution in [3.8, 4) is 0 Å². The van der Waals surface area contributed by atoms with E-state index in [9.17, 15) is 4.79 Å². The Morgan fingerprint density at radius 3 is 2.58 bits per heavy atom. The lowest BCUT2D eigenvalue weighted by molar-refractivity contribution is -0.129. The highest BCUT2D eigenvalue weighted by Gasteiger charge is 2.35. The number of pyridine rings is 1.